The Morgan fingerprint density at radius 1 is 1.44 bits per heavy atom. The summed E-state index contributed by atoms with van der Waals surface area (Å²) in [5.41, 5.74) is 5.09. The van der Waals surface area contributed by atoms with Gasteiger partial charge in [-0.15, -0.1) is 0 Å². The molecule has 0 radical (unpaired) electrons. The molecular weight excluding hydrogens is 256 g/mol. The molecule has 0 aromatic rings. The maximum absolute atomic E-state index is 11.4. The van der Waals surface area contributed by atoms with Crippen molar-refractivity contribution in [3.63, 3.8) is 0 Å². The normalized spacial score (nSPS) is 11.6. The van der Waals surface area contributed by atoms with Crippen LogP contribution in [0.15, 0.2) is 0 Å². The fourth-order valence-electron chi connectivity index (χ4n) is 1.02. The average Bonchev–Trinajstić information content (AvgIpc) is 2.22. The van der Waals surface area contributed by atoms with Crippen LogP contribution in [-0.2, 0) is 19.1 Å². The van der Waals surface area contributed by atoms with Crippen molar-refractivity contribution >= 4 is 16.0 Å². The Balaban J connectivity index is 4.28. The number of carbonyl (C=O) groups is 1. The molecule has 0 heterocycles. The maximum atomic E-state index is 11.4. The molecule has 0 saturated carbocycles. The molecule has 1 amide bonds. The molecular formula is C11H20N2O4S. The highest BCUT2D eigenvalue weighted by atomic mass is 32.2. The maximum Gasteiger partial charge on any atom is 0.337 e. The summed E-state index contributed by atoms with van der Waals surface area (Å²) < 4.78 is 27.6. The minimum atomic E-state index is -3.88. The number of carbonyl (C=O) groups excluding carboxylic acids is 1. The van der Waals surface area contributed by atoms with E-state index in [0.29, 0.717) is 13.0 Å². The third-order valence-corrected chi connectivity index (χ3v) is 2.87. The third-order valence-electron chi connectivity index (χ3n) is 2.05. The summed E-state index contributed by atoms with van der Waals surface area (Å²) in [4.78, 5) is 10.5. The first-order valence-electron chi connectivity index (χ1n) is 5.52. The summed E-state index contributed by atoms with van der Waals surface area (Å²) in [6, 6.07) is 0. The van der Waals surface area contributed by atoms with Gasteiger partial charge in [0.15, 0.2) is 0 Å². The SMILES string of the molecule is CC(=O)NCC#CS(=O)(=O)OCC(C)(C)CCN. The molecule has 7 heteroatoms. The lowest BCUT2D eigenvalue weighted by molar-refractivity contribution is -0.118. The molecule has 3 N–H and O–H groups in total. The first-order valence-corrected chi connectivity index (χ1v) is 6.93. The van der Waals surface area contributed by atoms with E-state index < -0.39 is 10.1 Å². The lowest BCUT2D eigenvalue weighted by Crippen LogP contribution is -2.24. The van der Waals surface area contributed by atoms with Crippen molar-refractivity contribution in [1.82, 2.24) is 5.32 Å². The predicted octanol–water partition coefficient (Wildman–Crippen LogP) is -0.195. The summed E-state index contributed by atoms with van der Waals surface area (Å²) in [5.74, 6) is 2.03. The summed E-state index contributed by atoms with van der Waals surface area (Å²) in [6.07, 6.45) is 0.655. The molecule has 0 atom stereocenters. The standard InChI is InChI=1S/C11H20N2O4S/c1-10(14)13-7-4-8-18(15,16)17-9-11(2,3)5-6-12/h5-7,9,12H2,1-3H3,(H,13,14). The summed E-state index contributed by atoms with van der Waals surface area (Å²) in [5, 5.41) is 4.34. The van der Waals surface area contributed by atoms with Crippen molar-refractivity contribution in [2.24, 2.45) is 11.1 Å². The van der Waals surface area contributed by atoms with E-state index in [1.807, 2.05) is 19.1 Å². The van der Waals surface area contributed by atoms with Crippen molar-refractivity contribution in [3.05, 3.63) is 0 Å². The van der Waals surface area contributed by atoms with E-state index in [4.69, 9.17) is 9.92 Å². The highest BCUT2D eigenvalue weighted by molar-refractivity contribution is 7.91. The minimum Gasteiger partial charge on any atom is -0.345 e. The molecule has 0 bridgehead atoms. The van der Waals surface area contributed by atoms with Crippen LogP contribution in [0.25, 0.3) is 0 Å². The van der Waals surface area contributed by atoms with Gasteiger partial charge in [-0.05, 0) is 18.4 Å². The lowest BCUT2D eigenvalue weighted by atomic mass is 9.91. The van der Waals surface area contributed by atoms with Crippen molar-refractivity contribution < 1.29 is 17.4 Å². The average molecular weight is 276 g/mol. The van der Waals surface area contributed by atoms with Crippen LogP contribution in [0, 0.1) is 16.6 Å². The van der Waals surface area contributed by atoms with Gasteiger partial charge in [-0.25, -0.2) is 0 Å². The summed E-state index contributed by atoms with van der Waals surface area (Å²) in [7, 11) is -3.88. The number of rotatable bonds is 6. The van der Waals surface area contributed by atoms with Gasteiger partial charge in [-0.3, -0.25) is 8.98 Å². The van der Waals surface area contributed by atoms with Crippen molar-refractivity contribution in [3.8, 4) is 11.2 Å². The first kappa shape index (κ1) is 16.9. The van der Waals surface area contributed by atoms with Gasteiger partial charge >= 0.3 is 10.1 Å². The highest BCUT2D eigenvalue weighted by Crippen LogP contribution is 2.20. The summed E-state index contributed by atoms with van der Waals surface area (Å²) in [6.45, 7) is 5.51. The zero-order chi connectivity index (χ0) is 14.2. The topological polar surface area (TPSA) is 98.5 Å². The van der Waals surface area contributed by atoms with Crippen LogP contribution in [0.5, 0.6) is 0 Å². The molecule has 0 aliphatic carbocycles. The zero-order valence-corrected chi connectivity index (χ0v) is 11.8. The van der Waals surface area contributed by atoms with Gasteiger partial charge in [0.1, 0.15) is 0 Å². The van der Waals surface area contributed by atoms with Gasteiger partial charge in [0.05, 0.1) is 18.4 Å². The van der Waals surface area contributed by atoms with Crippen LogP contribution in [0.2, 0.25) is 0 Å². The Kier molecular flexibility index (Phi) is 6.91. The molecule has 0 aromatic heterocycles. The van der Waals surface area contributed by atoms with Gasteiger partial charge in [-0.1, -0.05) is 19.8 Å². The molecule has 0 aromatic carbocycles. The van der Waals surface area contributed by atoms with E-state index in [-0.39, 0.29) is 24.5 Å². The Bertz CT molecular complexity index is 432. The van der Waals surface area contributed by atoms with Crippen LogP contribution >= 0.6 is 0 Å². The van der Waals surface area contributed by atoms with E-state index in [1.165, 1.54) is 6.92 Å². The smallest absolute Gasteiger partial charge is 0.337 e. The monoisotopic (exact) mass is 276 g/mol. The third kappa shape index (κ3) is 8.98. The molecule has 0 spiro atoms. The molecule has 0 aliphatic heterocycles. The Labute approximate surface area is 108 Å². The molecule has 0 fully saturated rings. The number of hydrogen-bond acceptors (Lipinski definition) is 5. The second-order valence-electron chi connectivity index (χ2n) is 4.61. The molecule has 0 aliphatic rings. The van der Waals surface area contributed by atoms with Crippen LogP contribution in [-0.4, -0.2) is 34.0 Å². The van der Waals surface area contributed by atoms with E-state index >= 15 is 0 Å². The minimum absolute atomic E-state index is 0.0237. The van der Waals surface area contributed by atoms with Gasteiger partial charge in [0, 0.05) is 6.92 Å². The molecule has 0 unspecified atom stereocenters. The lowest BCUT2D eigenvalue weighted by Gasteiger charge is -2.22. The fraction of sp³-hybridized carbons (Fsp3) is 0.727. The van der Waals surface area contributed by atoms with Crippen LogP contribution < -0.4 is 11.1 Å². The van der Waals surface area contributed by atoms with Crippen molar-refractivity contribution in [2.45, 2.75) is 27.2 Å². The number of nitrogens with two attached hydrogens (primary N) is 1. The molecule has 0 rings (SSSR count). The predicted molar refractivity (Wildman–Crippen MR) is 68.8 cm³/mol. The highest BCUT2D eigenvalue weighted by Gasteiger charge is 2.20. The largest absolute Gasteiger partial charge is 0.345 e. The molecule has 18 heavy (non-hydrogen) atoms. The van der Waals surface area contributed by atoms with Crippen LogP contribution in [0.4, 0.5) is 0 Å². The van der Waals surface area contributed by atoms with E-state index in [2.05, 4.69) is 11.2 Å². The molecule has 6 nitrogen and oxygen atoms in total. The first-order chi connectivity index (χ1) is 8.18. The van der Waals surface area contributed by atoms with E-state index in [1.54, 1.807) is 0 Å². The number of amides is 1. The van der Waals surface area contributed by atoms with Gasteiger partial charge < -0.3 is 11.1 Å². The fourth-order valence-corrected chi connectivity index (χ4v) is 1.80. The molecule has 104 valence electrons. The quantitative estimate of drug-likeness (QED) is 0.517. The second-order valence-corrected chi connectivity index (χ2v) is 5.96. The Morgan fingerprint density at radius 2 is 2.06 bits per heavy atom. The van der Waals surface area contributed by atoms with E-state index in [9.17, 15) is 13.2 Å². The van der Waals surface area contributed by atoms with Crippen molar-refractivity contribution in [1.29, 1.82) is 0 Å². The van der Waals surface area contributed by atoms with Crippen LogP contribution in [0.3, 0.4) is 0 Å². The molecule has 0 saturated heterocycles. The van der Waals surface area contributed by atoms with Gasteiger partial charge in [-0.2, -0.15) is 8.42 Å². The number of hydrogen-bond donors (Lipinski definition) is 2. The second kappa shape index (κ2) is 7.36. The summed E-state index contributed by atoms with van der Waals surface area (Å²) >= 11 is 0. The van der Waals surface area contributed by atoms with Crippen molar-refractivity contribution in [2.75, 3.05) is 19.7 Å². The Morgan fingerprint density at radius 3 is 2.56 bits per heavy atom. The Hall–Kier alpha value is -1.10. The zero-order valence-electron chi connectivity index (χ0n) is 10.9. The van der Waals surface area contributed by atoms with Gasteiger partial charge in [0.2, 0.25) is 5.91 Å². The number of nitrogens with one attached hydrogen (secondary N) is 1. The van der Waals surface area contributed by atoms with Gasteiger partial charge in [0.25, 0.3) is 0 Å². The van der Waals surface area contributed by atoms with Crippen LogP contribution in [0.1, 0.15) is 27.2 Å². The van der Waals surface area contributed by atoms with E-state index in [0.717, 1.165) is 0 Å².